The van der Waals surface area contributed by atoms with Crippen molar-refractivity contribution in [1.29, 1.82) is 0 Å². The molecule has 3 nitrogen and oxygen atoms in total. The summed E-state index contributed by atoms with van der Waals surface area (Å²) in [7, 11) is 0. The van der Waals surface area contributed by atoms with E-state index in [4.69, 9.17) is 0 Å². The minimum atomic E-state index is 0.0858. The van der Waals surface area contributed by atoms with E-state index in [1.165, 1.54) is 19.3 Å². The van der Waals surface area contributed by atoms with Crippen molar-refractivity contribution in [3.05, 3.63) is 0 Å². The van der Waals surface area contributed by atoms with Crippen molar-refractivity contribution in [2.75, 3.05) is 13.1 Å². The number of carbonyl (C=O) groups excluding carboxylic acids is 1. The Kier molecular flexibility index (Phi) is 2.77. The number of carbonyl (C=O) groups is 1. The van der Waals surface area contributed by atoms with E-state index in [9.17, 15) is 4.79 Å². The van der Waals surface area contributed by atoms with Crippen LogP contribution in [0.1, 0.15) is 39.0 Å². The fourth-order valence-electron chi connectivity index (χ4n) is 2.14. The van der Waals surface area contributed by atoms with Gasteiger partial charge in [-0.1, -0.05) is 6.92 Å². The molecule has 2 fully saturated rings. The van der Waals surface area contributed by atoms with Gasteiger partial charge in [0, 0.05) is 6.54 Å². The first-order valence-electron chi connectivity index (χ1n) is 5.77. The average molecular weight is 196 g/mol. The summed E-state index contributed by atoms with van der Waals surface area (Å²) >= 11 is 0. The lowest BCUT2D eigenvalue weighted by Gasteiger charge is -2.16. The molecule has 1 amide bonds. The number of hydrogen-bond acceptors (Lipinski definition) is 2. The van der Waals surface area contributed by atoms with Gasteiger partial charge in [0.2, 0.25) is 5.91 Å². The standard InChI is InChI=1S/C11H20N2O/c1-2-11(5-6-11)8-13-10(14)9-4-3-7-12-9/h9,12H,2-8H2,1H3,(H,13,14)/t9-/m0/s1. The zero-order chi connectivity index (χ0) is 10.0. The number of nitrogens with one attached hydrogen (secondary N) is 2. The van der Waals surface area contributed by atoms with E-state index in [0.29, 0.717) is 5.41 Å². The molecule has 1 heterocycles. The first kappa shape index (κ1) is 9.97. The molecule has 0 unspecified atom stereocenters. The lowest BCUT2D eigenvalue weighted by molar-refractivity contribution is -0.123. The van der Waals surface area contributed by atoms with Gasteiger partial charge < -0.3 is 10.6 Å². The molecular weight excluding hydrogens is 176 g/mol. The number of hydrogen-bond donors (Lipinski definition) is 2. The van der Waals surface area contributed by atoms with Crippen LogP contribution in [0.15, 0.2) is 0 Å². The van der Waals surface area contributed by atoms with Gasteiger partial charge in [0.15, 0.2) is 0 Å². The highest BCUT2D eigenvalue weighted by molar-refractivity contribution is 5.82. The molecule has 0 spiro atoms. The summed E-state index contributed by atoms with van der Waals surface area (Å²) < 4.78 is 0. The van der Waals surface area contributed by atoms with Gasteiger partial charge >= 0.3 is 0 Å². The molecule has 1 saturated heterocycles. The Morgan fingerprint density at radius 2 is 2.36 bits per heavy atom. The molecule has 3 heteroatoms. The normalized spacial score (nSPS) is 28.8. The molecule has 1 atom stereocenters. The minimum Gasteiger partial charge on any atom is -0.354 e. The van der Waals surface area contributed by atoms with Crippen LogP contribution in [-0.4, -0.2) is 25.0 Å². The van der Waals surface area contributed by atoms with Crippen LogP contribution in [0, 0.1) is 5.41 Å². The smallest absolute Gasteiger partial charge is 0.237 e. The molecule has 1 aliphatic heterocycles. The van der Waals surface area contributed by atoms with Gasteiger partial charge in [0.25, 0.3) is 0 Å². The summed E-state index contributed by atoms with van der Waals surface area (Å²) in [5.41, 5.74) is 0.467. The summed E-state index contributed by atoms with van der Waals surface area (Å²) in [4.78, 5) is 11.7. The first-order valence-corrected chi connectivity index (χ1v) is 5.77. The van der Waals surface area contributed by atoms with E-state index in [1.54, 1.807) is 0 Å². The second-order valence-corrected chi connectivity index (χ2v) is 4.72. The Labute approximate surface area is 85.6 Å². The molecule has 0 aromatic rings. The second kappa shape index (κ2) is 3.89. The third-order valence-electron chi connectivity index (χ3n) is 3.72. The van der Waals surface area contributed by atoms with E-state index in [0.717, 1.165) is 25.9 Å². The monoisotopic (exact) mass is 196 g/mol. The van der Waals surface area contributed by atoms with Crippen LogP contribution in [0.3, 0.4) is 0 Å². The van der Waals surface area contributed by atoms with Gasteiger partial charge in [0.05, 0.1) is 6.04 Å². The molecule has 14 heavy (non-hydrogen) atoms. The third kappa shape index (κ3) is 2.08. The van der Waals surface area contributed by atoms with E-state index < -0.39 is 0 Å². The van der Waals surface area contributed by atoms with Crippen molar-refractivity contribution < 1.29 is 4.79 Å². The molecule has 2 N–H and O–H groups in total. The Bertz CT molecular complexity index is 217. The number of rotatable bonds is 4. The molecule has 1 saturated carbocycles. The lowest BCUT2D eigenvalue weighted by atomic mass is 10.0. The highest BCUT2D eigenvalue weighted by Crippen LogP contribution is 2.47. The molecule has 0 bridgehead atoms. The molecule has 2 rings (SSSR count). The van der Waals surface area contributed by atoms with E-state index in [2.05, 4.69) is 17.6 Å². The van der Waals surface area contributed by atoms with Gasteiger partial charge in [-0.25, -0.2) is 0 Å². The van der Waals surface area contributed by atoms with Crippen molar-refractivity contribution in [2.45, 2.75) is 45.1 Å². The summed E-state index contributed by atoms with van der Waals surface area (Å²) in [6, 6.07) is 0.0858. The highest BCUT2D eigenvalue weighted by Gasteiger charge is 2.41. The van der Waals surface area contributed by atoms with Gasteiger partial charge in [-0.15, -0.1) is 0 Å². The van der Waals surface area contributed by atoms with Crippen LogP contribution in [-0.2, 0) is 4.79 Å². The van der Waals surface area contributed by atoms with Gasteiger partial charge in [-0.05, 0) is 44.1 Å². The maximum Gasteiger partial charge on any atom is 0.237 e. The topological polar surface area (TPSA) is 41.1 Å². The average Bonchev–Trinajstić information content (AvgIpc) is 2.78. The van der Waals surface area contributed by atoms with Gasteiger partial charge in [-0.3, -0.25) is 4.79 Å². The van der Waals surface area contributed by atoms with Crippen molar-refractivity contribution in [1.82, 2.24) is 10.6 Å². The minimum absolute atomic E-state index is 0.0858. The predicted octanol–water partition coefficient (Wildman–Crippen LogP) is 1.04. The summed E-state index contributed by atoms with van der Waals surface area (Å²) in [6.45, 7) is 4.10. The van der Waals surface area contributed by atoms with Crippen LogP contribution in [0.4, 0.5) is 0 Å². The maximum absolute atomic E-state index is 11.7. The molecule has 0 aromatic heterocycles. The van der Waals surface area contributed by atoms with Crippen molar-refractivity contribution in [3.8, 4) is 0 Å². The molecule has 2 aliphatic rings. The van der Waals surface area contributed by atoms with Crippen LogP contribution >= 0.6 is 0 Å². The Morgan fingerprint density at radius 3 is 2.86 bits per heavy atom. The molecule has 0 aromatic carbocycles. The fraction of sp³-hybridized carbons (Fsp3) is 0.909. The Balaban J connectivity index is 1.72. The third-order valence-corrected chi connectivity index (χ3v) is 3.72. The van der Waals surface area contributed by atoms with E-state index >= 15 is 0 Å². The largest absolute Gasteiger partial charge is 0.354 e. The first-order chi connectivity index (χ1) is 6.76. The van der Waals surface area contributed by atoms with Crippen LogP contribution in [0.25, 0.3) is 0 Å². The van der Waals surface area contributed by atoms with Crippen LogP contribution < -0.4 is 10.6 Å². The Morgan fingerprint density at radius 1 is 1.57 bits per heavy atom. The Hall–Kier alpha value is -0.570. The zero-order valence-corrected chi connectivity index (χ0v) is 8.94. The van der Waals surface area contributed by atoms with Gasteiger partial charge in [0.1, 0.15) is 0 Å². The van der Waals surface area contributed by atoms with Crippen LogP contribution in [0.2, 0.25) is 0 Å². The second-order valence-electron chi connectivity index (χ2n) is 4.72. The molecular formula is C11H20N2O. The summed E-state index contributed by atoms with van der Waals surface area (Å²) in [5.74, 6) is 0.210. The fourth-order valence-corrected chi connectivity index (χ4v) is 2.14. The number of amides is 1. The van der Waals surface area contributed by atoms with E-state index in [1.807, 2.05) is 0 Å². The van der Waals surface area contributed by atoms with Crippen molar-refractivity contribution in [3.63, 3.8) is 0 Å². The SMILES string of the molecule is CCC1(CNC(=O)[C@@H]2CCCN2)CC1. The molecule has 80 valence electrons. The van der Waals surface area contributed by atoms with Crippen LogP contribution in [0.5, 0.6) is 0 Å². The quantitative estimate of drug-likeness (QED) is 0.705. The molecule has 0 radical (unpaired) electrons. The van der Waals surface area contributed by atoms with Gasteiger partial charge in [-0.2, -0.15) is 0 Å². The summed E-state index contributed by atoms with van der Waals surface area (Å²) in [5, 5.41) is 6.30. The van der Waals surface area contributed by atoms with Crippen molar-refractivity contribution in [2.24, 2.45) is 5.41 Å². The zero-order valence-electron chi connectivity index (χ0n) is 8.94. The van der Waals surface area contributed by atoms with E-state index in [-0.39, 0.29) is 11.9 Å². The molecule has 1 aliphatic carbocycles. The summed E-state index contributed by atoms with van der Waals surface area (Å²) in [6.07, 6.45) is 5.93. The highest BCUT2D eigenvalue weighted by atomic mass is 16.2. The lowest BCUT2D eigenvalue weighted by Crippen LogP contribution is -2.42. The maximum atomic E-state index is 11.7. The predicted molar refractivity (Wildman–Crippen MR) is 56.0 cm³/mol. The van der Waals surface area contributed by atoms with Crippen molar-refractivity contribution >= 4 is 5.91 Å².